The van der Waals surface area contributed by atoms with E-state index < -0.39 is 0 Å². The predicted octanol–water partition coefficient (Wildman–Crippen LogP) is 2.12. The van der Waals surface area contributed by atoms with Crippen LogP contribution in [0.15, 0.2) is 47.1 Å². The van der Waals surface area contributed by atoms with Gasteiger partial charge in [-0.2, -0.15) is 5.10 Å². The highest BCUT2D eigenvalue weighted by molar-refractivity contribution is 6.04. The first-order valence-corrected chi connectivity index (χ1v) is 7.68. The molecule has 8 nitrogen and oxygen atoms in total. The van der Waals surface area contributed by atoms with Gasteiger partial charge in [0, 0.05) is 11.6 Å². The highest BCUT2D eigenvalue weighted by Crippen LogP contribution is 2.32. The van der Waals surface area contributed by atoms with Crippen LogP contribution in [0, 0.1) is 0 Å². The van der Waals surface area contributed by atoms with Crippen molar-refractivity contribution in [2.45, 2.75) is 6.54 Å². The summed E-state index contributed by atoms with van der Waals surface area (Å²) >= 11 is 0. The van der Waals surface area contributed by atoms with Gasteiger partial charge in [-0.15, -0.1) is 0 Å². The smallest absolute Gasteiger partial charge is 0.256 e. The lowest BCUT2D eigenvalue weighted by Gasteiger charge is -2.08. The Morgan fingerprint density at radius 3 is 2.92 bits per heavy atom. The van der Waals surface area contributed by atoms with Crippen LogP contribution < -0.4 is 14.8 Å². The number of furan rings is 1. The van der Waals surface area contributed by atoms with E-state index in [4.69, 9.17) is 13.9 Å². The number of carbonyl (C=O) groups is 1. The van der Waals surface area contributed by atoms with Crippen molar-refractivity contribution in [2.24, 2.45) is 0 Å². The van der Waals surface area contributed by atoms with Crippen molar-refractivity contribution in [3.8, 4) is 23.0 Å². The van der Waals surface area contributed by atoms with E-state index >= 15 is 0 Å². The minimum Gasteiger partial charge on any atom is -0.463 e. The molecule has 3 heterocycles. The van der Waals surface area contributed by atoms with Gasteiger partial charge in [-0.1, -0.05) is 0 Å². The fourth-order valence-corrected chi connectivity index (χ4v) is 2.55. The Morgan fingerprint density at radius 2 is 2.12 bits per heavy atom. The summed E-state index contributed by atoms with van der Waals surface area (Å²) in [5, 5.41) is 16.4. The average molecular weight is 341 g/mol. The molecule has 0 aliphatic carbocycles. The summed E-state index contributed by atoms with van der Waals surface area (Å²) < 4.78 is 17.4. The van der Waals surface area contributed by atoms with Crippen LogP contribution in [0.3, 0.4) is 0 Å². The zero-order chi connectivity index (χ0) is 17.2. The normalized spacial score (nSPS) is 12.4. The van der Waals surface area contributed by atoms with Crippen molar-refractivity contribution in [3.63, 3.8) is 0 Å². The second-order valence-corrected chi connectivity index (χ2v) is 5.36. The number of carbonyl (C=O) groups excluding carboxylic acids is 1. The number of hydrogen-bond acceptors (Lipinski definition) is 6. The minimum atomic E-state index is -0.316. The number of nitrogens with one attached hydrogen (secondary N) is 1. The van der Waals surface area contributed by atoms with Crippen molar-refractivity contribution >= 4 is 11.7 Å². The molecule has 1 aliphatic rings. The molecule has 128 valence electrons. The number of hydrogen-bond donors (Lipinski definition) is 2. The molecule has 1 aliphatic heterocycles. The van der Waals surface area contributed by atoms with Crippen LogP contribution in [-0.4, -0.2) is 34.2 Å². The number of anilines is 1. The Hall–Kier alpha value is -3.26. The monoisotopic (exact) mass is 341 g/mol. The molecule has 2 N–H and O–H groups in total. The highest BCUT2D eigenvalue weighted by atomic mass is 16.7. The largest absolute Gasteiger partial charge is 0.463 e. The topological polar surface area (TPSA) is 98.8 Å². The molecule has 0 radical (unpaired) electrons. The predicted molar refractivity (Wildman–Crippen MR) is 87.5 cm³/mol. The standard InChI is InChI=1S/C17H15N3O5/c21-6-5-20-16(9-12(19-20)13-2-1-7-23-13)18-17(22)11-3-4-14-15(8-11)25-10-24-14/h1-4,7-9,21H,5-6,10H2,(H,18,22). The molecule has 8 heteroatoms. The molecule has 4 rings (SSSR count). The van der Waals surface area contributed by atoms with Crippen molar-refractivity contribution in [1.82, 2.24) is 9.78 Å². The first-order chi connectivity index (χ1) is 12.2. The Balaban J connectivity index is 1.60. The van der Waals surface area contributed by atoms with Crippen molar-refractivity contribution in [3.05, 3.63) is 48.2 Å². The summed E-state index contributed by atoms with van der Waals surface area (Å²) in [6, 6.07) is 10.2. The molecule has 0 atom stereocenters. The van der Waals surface area contributed by atoms with Crippen LogP contribution >= 0.6 is 0 Å². The van der Waals surface area contributed by atoms with E-state index in [1.807, 2.05) is 0 Å². The summed E-state index contributed by atoms with van der Waals surface area (Å²) in [6.45, 7) is 0.291. The van der Waals surface area contributed by atoms with Gasteiger partial charge in [0.15, 0.2) is 17.3 Å². The lowest BCUT2D eigenvalue weighted by molar-refractivity contribution is 0.102. The van der Waals surface area contributed by atoms with Crippen molar-refractivity contribution in [1.29, 1.82) is 0 Å². The molecule has 1 amide bonds. The summed E-state index contributed by atoms with van der Waals surface area (Å²) in [7, 11) is 0. The molecular weight excluding hydrogens is 326 g/mol. The molecule has 0 saturated carbocycles. The lowest BCUT2D eigenvalue weighted by Crippen LogP contribution is -2.16. The van der Waals surface area contributed by atoms with Gasteiger partial charge in [0.2, 0.25) is 6.79 Å². The minimum absolute atomic E-state index is 0.105. The van der Waals surface area contributed by atoms with E-state index in [2.05, 4.69) is 10.4 Å². The summed E-state index contributed by atoms with van der Waals surface area (Å²) in [5.41, 5.74) is 1.000. The number of aliphatic hydroxyl groups is 1. The summed E-state index contributed by atoms with van der Waals surface area (Å²) in [5.74, 6) is 1.87. The van der Waals surface area contributed by atoms with Crippen LogP contribution in [0.2, 0.25) is 0 Å². The Morgan fingerprint density at radius 1 is 1.24 bits per heavy atom. The quantitative estimate of drug-likeness (QED) is 0.737. The Bertz CT molecular complexity index is 901. The highest BCUT2D eigenvalue weighted by Gasteiger charge is 2.18. The molecule has 3 aromatic rings. The van der Waals surface area contributed by atoms with Gasteiger partial charge in [0.25, 0.3) is 5.91 Å². The number of ether oxygens (including phenoxy) is 2. The van der Waals surface area contributed by atoms with Gasteiger partial charge in [-0.3, -0.25) is 4.79 Å². The van der Waals surface area contributed by atoms with Crippen LogP contribution in [0.1, 0.15) is 10.4 Å². The molecule has 0 saturated heterocycles. The molecule has 0 unspecified atom stereocenters. The molecule has 0 spiro atoms. The van der Waals surface area contributed by atoms with Gasteiger partial charge < -0.3 is 24.3 Å². The zero-order valence-electron chi connectivity index (χ0n) is 13.1. The van der Waals surface area contributed by atoms with Gasteiger partial charge >= 0.3 is 0 Å². The number of benzene rings is 1. The van der Waals surface area contributed by atoms with E-state index in [1.165, 1.54) is 4.68 Å². The van der Waals surface area contributed by atoms with Crippen LogP contribution in [0.25, 0.3) is 11.5 Å². The van der Waals surface area contributed by atoms with Crippen LogP contribution in [0.5, 0.6) is 11.5 Å². The van der Waals surface area contributed by atoms with Crippen LogP contribution in [0.4, 0.5) is 5.82 Å². The third kappa shape index (κ3) is 2.94. The third-order valence-electron chi connectivity index (χ3n) is 3.74. The second-order valence-electron chi connectivity index (χ2n) is 5.36. The van der Waals surface area contributed by atoms with E-state index in [1.54, 1.807) is 42.7 Å². The maximum atomic E-state index is 12.5. The number of fused-ring (bicyclic) bond motifs is 1. The first kappa shape index (κ1) is 15.3. The van der Waals surface area contributed by atoms with E-state index in [9.17, 15) is 9.90 Å². The second kappa shape index (κ2) is 6.33. The van der Waals surface area contributed by atoms with Crippen molar-refractivity contribution in [2.75, 3.05) is 18.7 Å². The molecule has 0 bridgehead atoms. The van der Waals surface area contributed by atoms with Gasteiger partial charge in [0.1, 0.15) is 11.5 Å². The lowest BCUT2D eigenvalue weighted by atomic mass is 10.2. The Kier molecular flexibility index (Phi) is 3.87. The number of amides is 1. The molecule has 1 aromatic carbocycles. The molecule has 0 fully saturated rings. The maximum absolute atomic E-state index is 12.5. The number of rotatable bonds is 5. The van der Waals surface area contributed by atoms with E-state index in [0.717, 1.165) is 0 Å². The maximum Gasteiger partial charge on any atom is 0.256 e. The SMILES string of the molecule is O=C(Nc1cc(-c2ccco2)nn1CCO)c1ccc2c(c1)OCO2. The fourth-order valence-electron chi connectivity index (χ4n) is 2.55. The molecule has 25 heavy (non-hydrogen) atoms. The fraction of sp³-hybridized carbons (Fsp3) is 0.176. The zero-order valence-corrected chi connectivity index (χ0v) is 13.1. The third-order valence-corrected chi connectivity index (χ3v) is 3.74. The molecule has 2 aromatic heterocycles. The van der Waals surface area contributed by atoms with E-state index in [-0.39, 0.29) is 25.9 Å². The number of aromatic nitrogens is 2. The number of nitrogens with zero attached hydrogens (tertiary/aromatic N) is 2. The first-order valence-electron chi connectivity index (χ1n) is 7.68. The number of aliphatic hydroxyl groups excluding tert-OH is 1. The van der Waals surface area contributed by atoms with Crippen molar-refractivity contribution < 1.29 is 23.8 Å². The Labute approximate surface area is 142 Å². The van der Waals surface area contributed by atoms with Gasteiger partial charge in [-0.25, -0.2) is 4.68 Å². The van der Waals surface area contributed by atoms with Crippen LogP contribution in [-0.2, 0) is 6.54 Å². The average Bonchev–Trinajstić information content (AvgIpc) is 3.35. The van der Waals surface area contributed by atoms with E-state index in [0.29, 0.717) is 34.3 Å². The molecular formula is C17H15N3O5. The van der Waals surface area contributed by atoms with Gasteiger partial charge in [0.05, 0.1) is 19.4 Å². The summed E-state index contributed by atoms with van der Waals surface area (Å²) in [6.07, 6.45) is 1.55. The summed E-state index contributed by atoms with van der Waals surface area (Å²) in [4.78, 5) is 12.5. The van der Waals surface area contributed by atoms with Gasteiger partial charge in [-0.05, 0) is 30.3 Å².